The van der Waals surface area contributed by atoms with Crippen molar-refractivity contribution in [3.8, 4) is 0 Å². The summed E-state index contributed by atoms with van der Waals surface area (Å²) in [5.41, 5.74) is 10.7. The lowest BCUT2D eigenvalue weighted by Crippen LogP contribution is -2.52. The van der Waals surface area contributed by atoms with Gasteiger partial charge in [-0.2, -0.15) is 5.10 Å². The highest BCUT2D eigenvalue weighted by molar-refractivity contribution is 7.80. The van der Waals surface area contributed by atoms with E-state index >= 15 is 0 Å². The highest BCUT2D eigenvalue weighted by atomic mass is 32.1. The molecule has 0 heterocycles. The van der Waals surface area contributed by atoms with Crippen molar-refractivity contribution in [2.75, 3.05) is 0 Å². The molecule has 0 aromatic heterocycles. The molecule has 0 saturated heterocycles. The number of hydrogen-bond donors (Lipinski definition) is 2. The van der Waals surface area contributed by atoms with E-state index in [9.17, 15) is 0 Å². The van der Waals surface area contributed by atoms with E-state index < -0.39 is 0 Å². The minimum Gasteiger partial charge on any atom is -0.375 e. The molecule has 0 bridgehead atoms. The second-order valence-corrected chi connectivity index (χ2v) is 9.87. The van der Waals surface area contributed by atoms with E-state index in [1.165, 1.54) is 63.5 Å². The highest BCUT2D eigenvalue weighted by Crippen LogP contribution is 2.65. The smallest absolute Gasteiger partial charge is 0.184 e. The number of hydrogen-bond acceptors (Lipinski definition) is 2. The van der Waals surface area contributed by atoms with E-state index in [4.69, 9.17) is 18.0 Å². The van der Waals surface area contributed by atoms with Crippen LogP contribution < -0.4 is 11.2 Å². The van der Waals surface area contributed by atoms with E-state index in [-0.39, 0.29) is 5.41 Å². The summed E-state index contributed by atoms with van der Waals surface area (Å²) in [5, 5.41) is 4.91. The molecule has 4 saturated carbocycles. The maximum atomic E-state index is 5.59. The van der Waals surface area contributed by atoms with Gasteiger partial charge in [-0.25, -0.2) is 0 Å². The Morgan fingerprint density at radius 1 is 1.08 bits per heavy atom. The average molecular weight is 348 g/mol. The quantitative estimate of drug-likeness (QED) is 0.538. The molecule has 4 rings (SSSR count). The van der Waals surface area contributed by atoms with Crippen LogP contribution in [0, 0.1) is 34.5 Å². The van der Waals surface area contributed by atoms with Gasteiger partial charge < -0.3 is 5.73 Å². The van der Waals surface area contributed by atoms with Crippen LogP contribution in [-0.2, 0) is 0 Å². The third-order valence-corrected chi connectivity index (χ3v) is 8.72. The molecular weight excluding hydrogens is 314 g/mol. The van der Waals surface area contributed by atoms with Crippen molar-refractivity contribution in [2.45, 2.75) is 78.1 Å². The van der Waals surface area contributed by atoms with Gasteiger partial charge >= 0.3 is 0 Å². The lowest BCUT2D eigenvalue weighted by atomic mass is 9.45. The third-order valence-electron chi connectivity index (χ3n) is 8.63. The van der Waals surface area contributed by atoms with E-state index in [1.807, 2.05) is 0 Å². The van der Waals surface area contributed by atoms with Crippen LogP contribution in [0.15, 0.2) is 5.10 Å². The zero-order chi connectivity index (χ0) is 16.9. The number of nitrogens with zero attached hydrogens (tertiary/aromatic N) is 1. The zero-order valence-corrected chi connectivity index (χ0v) is 16.1. The lowest BCUT2D eigenvalue weighted by molar-refractivity contribution is -0.0936. The van der Waals surface area contributed by atoms with Crippen LogP contribution in [0.3, 0.4) is 0 Å². The molecule has 4 aliphatic carbocycles. The molecule has 0 unspecified atom stereocenters. The van der Waals surface area contributed by atoms with Crippen LogP contribution >= 0.6 is 12.2 Å². The number of hydrazone groups is 1. The van der Waals surface area contributed by atoms with E-state index in [2.05, 4.69) is 24.4 Å². The summed E-state index contributed by atoms with van der Waals surface area (Å²) < 4.78 is 0. The minimum absolute atomic E-state index is 0.275. The van der Waals surface area contributed by atoms with Gasteiger partial charge in [0, 0.05) is 11.1 Å². The highest BCUT2D eigenvalue weighted by Gasteiger charge is 2.58. The zero-order valence-electron chi connectivity index (χ0n) is 15.3. The SMILES string of the molecule is C[C@]12CCCC[C@@H]1CC[C@H]1[C@H]2CC[C@]2(C)/C(=N\NC(N)=S)CC[C@@H]12. The Hall–Kier alpha value is -0.640. The van der Waals surface area contributed by atoms with Gasteiger partial charge in [0.05, 0.1) is 0 Å². The normalized spacial score (nSPS) is 49.2. The molecular formula is C20H33N3S. The van der Waals surface area contributed by atoms with Gasteiger partial charge in [0.15, 0.2) is 5.11 Å². The predicted octanol–water partition coefficient (Wildman–Crippen LogP) is 4.61. The standard InChI is InChI=1S/C20H33N3S/c1-19-11-4-3-5-13(19)6-7-14-15-8-9-17(22-23-18(21)24)20(15,2)12-10-16(14)19/h13-16H,3-12H2,1-2H3,(H3,21,23,24)/b22-17-/t13-,14-,15+,16-,19+,20+/m1/s1. The van der Waals surface area contributed by atoms with E-state index in [0.29, 0.717) is 10.5 Å². The maximum absolute atomic E-state index is 5.59. The summed E-state index contributed by atoms with van der Waals surface area (Å²) >= 11 is 4.94. The average Bonchev–Trinajstić information content (AvgIpc) is 2.89. The summed E-state index contributed by atoms with van der Waals surface area (Å²) in [5.74, 6) is 3.70. The molecule has 4 aliphatic rings. The fraction of sp³-hybridized carbons (Fsp3) is 0.900. The van der Waals surface area contributed by atoms with Crippen molar-refractivity contribution in [1.82, 2.24) is 5.43 Å². The molecule has 4 heteroatoms. The first-order valence-electron chi connectivity index (χ1n) is 10.1. The minimum atomic E-state index is 0.275. The van der Waals surface area contributed by atoms with E-state index in [1.54, 1.807) is 0 Å². The molecule has 0 aromatic rings. The van der Waals surface area contributed by atoms with Gasteiger partial charge in [0.2, 0.25) is 0 Å². The van der Waals surface area contributed by atoms with Crippen molar-refractivity contribution >= 4 is 23.0 Å². The number of rotatable bonds is 1. The predicted molar refractivity (Wildman–Crippen MR) is 104 cm³/mol. The van der Waals surface area contributed by atoms with Gasteiger partial charge in [0.25, 0.3) is 0 Å². The van der Waals surface area contributed by atoms with Crippen LogP contribution in [-0.4, -0.2) is 10.8 Å². The Bertz CT molecular complexity index is 559. The Morgan fingerprint density at radius 2 is 1.92 bits per heavy atom. The summed E-state index contributed by atoms with van der Waals surface area (Å²) in [6.07, 6.45) is 14.0. The van der Waals surface area contributed by atoms with Crippen LogP contribution in [0.1, 0.15) is 78.1 Å². The second kappa shape index (κ2) is 5.96. The fourth-order valence-electron chi connectivity index (χ4n) is 7.39. The molecule has 3 nitrogen and oxygen atoms in total. The van der Waals surface area contributed by atoms with Crippen molar-refractivity contribution < 1.29 is 0 Å². The first kappa shape index (κ1) is 16.8. The first-order chi connectivity index (χ1) is 11.4. The Balaban J connectivity index is 1.59. The summed E-state index contributed by atoms with van der Waals surface area (Å²) in [7, 11) is 0. The molecule has 3 N–H and O–H groups in total. The van der Waals surface area contributed by atoms with Gasteiger partial charge in [-0.3, -0.25) is 5.43 Å². The second-order valence-electron chi connectivity index (χ2n) is 9.43. The number of fused-ring (bicyclic) bond motifs is 5. The maximum Gasteiger partial charge on any atom is 0.184 e. The number of nitrogens with two attached hydrogens (primary N) is 1. The first-order valence-corrected chi connectivity index (χ1v) is 10.5. The van der Waals surface area contributed by atoms with Crippen LogP contribution in [0.25, 0.3) is 0 Å². The van der Waals surface area contributed by atoms with Gasteiger partial charge in [0.1, 0.15) is 0 Å². The largest absolute Gasteiger partial charge is 0.375 e. The van der Waals surface area contributed by atoms with Crippen LogP contribution in [0.4, 0.5) is 0 Å². The Labute approximate surface area is 152 Å². The molecule has 134 valence electrons. The fourth-order valence-corrected chi connectivity index (χ4v) is 7.44. The van der Waals surface area contributed by atoms with Gasteiger partial charge in [-0.15, -0.1) is 0 Å². The van der Waals surface area contributed by atoms with Crippen molar-refractivity contribution in [2.24, 2.45) is 45.3 Å². The van der Waals surface area contributed by atoms with Gasteiger partial charge in [-0.1, -0.05) is 26.7 Å². The molecule has 0 aromatic carbocycles. The Morgan fingerprint density at radius 3 is 2.71 bits per heavy atom. The van der Waals surface area contributed by atoms with Crippen LogP contribution in [0.5, 0.6) is 0 Å². The molecule has 4 fully saturated rings. The number of nitrogens with one attached hydrogen (secondary N) is 1. The third kappa shape index (κ3) is 2.43. The van der Waals surface area contributed by atoms with E-state index in [0.717, 1.165) is 30.1 Å². The molecule has 0 radical (unpaired) electrons. The molecule has 24 heavy (non-hydrogen) atoms. The van der Waals surface area contributed by atoms with Crippen molar-refractivity contribution in [1.29, 1.82) is 0 Å². The van der Waals surface area contributed by atoms with Crippen molar-refractivity contribution in [3.63, 3.8) is 0 Å². The summed E-state index contributed by atoms with van der Waals surface area (Å²) in [6, 6.07) is 0. The molecule has 0 aliphatic heterocycles. The monoisotopic (exact) mass is 347 g/mol. The molecule has 6 atom stereocenters. The molecule has 0 spiro atoms. The lowest BCUT2D eigenvalue weighted by Gasteiger charge is -2.59. The van der Waals surface area contributed by atoms with Gasteiger partial charge in [-0.05, 0) is 92.7 Å². The summed E-state index contributed by atoms with van der Waals surface area (Å²) in [6.45, 7) is 5.12. The number of thiocarbonyl (C=S) groups is 1. The van der Waals surface area contributed by atoms with Crippen molar-refractivity contribution in [3.05, 3.63) is 0 Å². The topological polar surface area (TPSA) is 50.4 Å². The Kier molecular flexibility index (Phi) is 4.18. The van der Waals surface area contributed by atoms with Crippen LogP contribution in [0.2, 0.25) is 0 Å². The molecule has 0 amide bonds. The summed E-state index contributed by atoms with van der Waals surface area (Å²) in [4.78, 5) is 0.